The number of hydrogen-bond acceptors (Lipinski definition) is 13. The van der Waals surface area contributed by atoms with Gasteiger partial charge < -0.3 is 44.6 Å². The summed E-state index contributed by atoms with van der Waals surface area (Å²) in [6, 6.07) is 0. The van der Waals surface area contributed by atoms with Crippen LogP contribution in [0.4, 0.5) is 0 Å². The Morgan fingerprint density at radius 3 is 1.34 bits per heavy atom. The fraction of sp³-hybridized carbons (Fsp3) is 0.907. The van der Waals surface area contributed by atoms with E-state index >= 15 is 0 Å². The summed E-state index contributed by atoms with van der Waals surface area (Å²) in [5, 5.41) is 41.2. The Morgan fingerprint density at radius 1 is 0.508 bits per heavy atom. The van der Waals surface area contributed by atoms with E-state index in [0.717, 1.165) is 64.2 Å². The standard InChI is InChI=1S/C43H82O16P2/c1-3-5-7-9-11-13-15-17-18-20-22-24-26-28-30-32-37(45)57-35(33-55-36(44)31-29-27-25-23-21-19-16-14-12-10-8-6-4-2)34-56-61(53,54)59-43-40(48)38(46)39(47)42(41(43)49)58-60(50,51)52/h17-18,35,38-43,46-49H,3-16,19-34H2,1-2H3,(H,53,54)(H2,50,51,52)/b18-17-/t35-,38?,39?,40?,41?,42-,43+/m1/s1. The van der Waals surface area contributed by atoms with Crippen LogP contribution in [0.2, 0.25) is 0 Å². The molecule has 0 heterocycles. The van der Waals surface area contributed by atoms with Crippen molar-refractivity contribution in [1.29, 1.82) is 0 Å². The van der Waals surface area contributed by atoms with Gasteiger partial charge in [-0.15, -0.1) is 0 Å². The first-order valence-corrected chi connectivity index (χ1v) is 26.3. The highest BCUT2D eigenvalue weighted by Crippen LogP contribution is 2.49. The number of esters is 2. The highest BCUT2D eigenvalue weighted by Gasteiger charge is 2.54. The molecule has 7 N–H and O–H groups in total. The van der Waals surface area contributed by atoms with Crippen molar-refractivity contribution in [3.63, 3.8) is 0 Å². The molecule has 1 saturated carbocycles. The Balaban J connectivity index is 2.61. The Kier molecular flexibility index (Phi) is 33.2. The number of phosphoric acid groups is 2. The van der Waals surface area contributed by atoms with Gasteiger partial charge >= 0.3 is 27.6 Å². The summed E-state index contributed by atoms with van der Waals surface area (Å²) in [5.41, 5.74) is 0. The summed E-state index contributed by atoms with van der Waals surface area (Å²) in [6.45, 7) is 3.10. The summed E-state index contributed by atoms with van der Waals surface area (Å²) >= 11 is 0. The zero-order chi connectivity index (χ0) is 45.4. The van der Waals surface area contributed by atoms with Crippen LogP contribution in [0.5, 0.6) is 0 Å². The summed E-state index contributed by atoms with van der Waals surface area (Å²) in [5.74, 6) is -1.21. The van der Waals surface area contributed by atoms with Crippen molar-refractivity contribution in [2.75, 3.05) is 13.2 Å². The highest BCUT2D eigenvalue weighted by atomic mass is 31.2. The Hall–Kier alpha value is -1.26. The minimum absolute atomic E-state index is 0.0382. The molecule has 0 amide bonds. The van der Waals surface area contributed by atoms with Gasteiger partial charge in [-0.05, 0) is 38.5 Å². The Morgan fingerprint density at radius 2 is 0.902 bits per heavy atom. The molecule has 0 aromatic rings. The van der Waals surface area contributed by atoms with E-state index in [-0.39, 0.29) is 12.8 Å². The smallest absolute Gasteiger partial charge is 0.462 e. The summed E-state index contributed by atoms with van der Waals surface area (Å²) in [7, 11) is -10.7. The second-order valence-corrected chi connectivity index (χ2v) is 19.1. The molecule has 0 spiro atoms. The van der Waals surface area contributed by atoms with Crippen LogP contribution < -0.4 is 0 Å². The number of aliphatic hydroxyl groups is 4. The molecule has 0 aromatic carbocycles. The maximum atomic E-state index is 13.0. The lowest BCUT2D eigenvalue weighted by atomic mass is 9.85. The quantitative estimate of drug-likeness (QED) is 0.0132. The Bertz CT molecular complexity index is 1250. The molecule has 0 aromatic heterocycles. The van der Waals surface area contributed by atoms with Crippen LogP contribution in [-0.4, -0.2) is 103 Å². The monoisotopic (exact) mass is 917 g/mol. The molecule has 18 heteroatoms. The molecule has 8 atom stereocenters. The first-order chi connectivity index (χ1) is 29.1. The predicted molar refractivity (Wildman–Crippen MR) is 232 cm³/mol. The second-order valence-electron chi connectivity index (χ2n) is 16.5. The zero-order valence-electron chi connectivity index (χ0n) is 37.1. The molecule has 1 rings (SSSR count). The van der Waals surface area contributed by atoms with Gasteiger partial charge in [-0.2, -0.15) is 0 Å². The van der Waals surface area contributed by atoms with Crippen molar-refractivity contribution >= 4 is 27.6 Å². The van der Waals surface area contributed by atoms with Gasteiger partial charge in [0.15, 0.2) is 6.10 Å². The molecule has 0 bridgehead atoms. The van der Waals surface area contributed by atoms with Crippen molar-refractivity contribution in [2.45, 2.75) is 236 Å². The number of phosphoric ester groups is 2. The number of carbonyl (C=O) groups excluding carboxylic acids is 2. The first kappa shape index (κ1) is 57.8. The van der Waals surface area contributed by atoms with Crippen LogP contribution in [0.1, 0.15) is 194 Å². The first-order valence-electron chi connectivity index (χ1n) is 23.2. The van der Waals surface area contributed by atoms with Gasteiger partial charge in [0.2, 0.25) is 0 Å². The molecule has 1 aliphatic rings. The second kappa shape index (κ2) is 35.1. The average molecular weight is 917 g/mol. The minimum Gasteiger partial charge on any atom is -0.462 e. The summed E-state index contributed by atoms with van der Waals surface area (Å²) < 4.78 is 49.3. The fourth-order valence-electron chi connectivity index (χ4n) is 7.20. The molecular weight excluding hydrogens is 834 g/mol. The topological polar surface area (TPSA) is 256 Å². The van der Waals surface area contributed by atoms with Crippen LogP contribution in [0.15, 0.2) is 12.2 Å². The third-order valence-corrected chi connectivity index (χ3v) is 12.3. The van der Waals surface area contributed by atoms with Gasteiger partial charge in [-0.1, -0.05) is 154 Å². The molecule has 16 nitrogen and oxygen atoms in total. The SMILES string of the molecule is CCCCCCCC/C=C\CCCCCCCC(=O)O[C@H](COC(=O)CCCCCCCCCCCCCCC)COP(=O)(O)O[C@H]1C(O)C(O)C(O)[C@@H](OP(=O)(O)O)C1O. The van der Waals surface area contributed by atoms with Crippen LogP contribution >= 0.6 is 15.6 Å². The third-order valence-electron chi connectivity index (χ3n) is 10.8. The van der Waals surface area contributed by atoms with Gasteiger partial charge in [-0.25, -0.2) is 9.13 Å². The van der Waals surface area contributed by atoms with Crippen molar-refractivity contribution in [3.8, 4) is 0 Å². The predicted octanol–water partition coefficient (Wildman–Crippen LogP) is 8.40. The molecule has 1 fully saturated rings. The lowest BCUT2D eigenvalue weighted by Gasteiger charge is -2.43. The van der Waals surface area contributed by atoms with Gasteiger partial charge in [-0.3, -0.25) is 23.2 Å². The van der Waals surface area contributed by atoms with E-state index in [2.05, 4.69) is 30.5 Å². The number of carbonyl (C=O) groups is 2. The summed E-state index contributed by atoms with van der Waals surface area (Å²) in [6.07, 6.45) is 18.9. The van der Waals surface area contributed by atoms with Crippen molar-refractivity contribution < 1.29 is 76.9 Å². The van der Waals surface area contributed by atoms with E-state index < -0.39 is 83.5 Å². The third kappa shape index (κ3) is 29.7. The van der Waals surface area contributed by atoms with Crippen LogP contribution in [0.3, 0.4) is 0 Å². The summed E-state index contributed by atoms with van der Waals surface area (Å²) in [4.78, 5) is 54.2. The molecule has 61 heavy (non-hydrogen) atoms. The lowest BCUT2D eigenvalue weighted by molar-refractivity contribution is -0.216. The number of unbranched alkanes of at least 4 members (excludes halogenated alkanes) is 23. The molecule has 0 aliphatic heterocycles. The van der Waals surface area contributed by atoms with Gasteiger partial charge in [0, 0.05) is 12.8 Å². The van der Waals surface area contributed by atoms with E-state index in [1.54, 1.807) is 0 Å². The number of aliphatic hydroxyl groups excluding tert-OH is 4. The number of hydrogen-bond donors (Lipinski definition) is 7. The fourth-order valence-corrected chi connectivity index (χ4v) is 8.74. The van der Waals surface area contributed by atoms with Crippen LogP contribution in [-0.2, 0) is 41.8 Å². The van der Waals surface area contributed by atoms with E-state index in [4.69, 9.17) is 28.3 Å². The van der Waals surface area contributed by atoms with Crippen LogP contribution in [0.25, 0.3) is 0 Å². The normalized spacial score (nSPS) is 22.3. The molecule has 1 aliphatic carbocycles. The number of allylic oxidation sites excluding steroid dienone is 2. The van der Waals surface area contributed by atoms with Gasteiger partial charge in [0.25, 0.3) is 0 Å². The van der Waals surface area contributed by atoms with E-state index in [0.29, 0.717) is 12.8 Å². The highest BCUT2D eigenvalue weighted by molar-refractivity contribution is 7.47. The van der Waals surface area contributed by atoms with Crippen LogP contribution in [0, 0.1) is 0 Å². The molecule has 360 valence electrons. The van der Waals surface area contributed by atoms with Gasteiger partial charge in [0.1, 0.15) is 43.2 Å². The van der Waals surface area contributed by atoms with E-state index in [9.17, 15) is 44.0 Å². The van der Waals surface area contributed by atoms with E-state index in [1.807, 2.05) is 0 Å². The van der Waals surface area contributed by atoms with Gasteiger partial charge in [0.05, 0.1) is 6.61 Å². The largest absolute Gasteiger partial charge is 0.472 e. The van der Waals surface area contributed by atoms with Crippen molar-refractivity contribution in [2.24, 2.45) is 0 Å². The lowest BCUT2D eigenvalue weighted by Crippen LogP contribution is -2.64. The average Bonchev–Trinajstić information content (AvgIpc) is 3.21. The van der Waals surface area contributed by atoms with E-state index in [1.165, 1.54) is 89.9 Å². The molecular formula is C43H82O16P2. The van der Waals surface area contributed by atoms with Crippen molar-refractivity contribution in [3.05, 3.63) is 12.2 Å². The molecule has 0 radical (unpaired) electrons. The molecule has 5 unspecified atom stereocenters. The number of rotatable bonds is 39. The number of ether oxygens (including phenoxy) is 2. The van der Waals surface area contributed by atoms with Crippen molar-refractivity contribution in [1.82, 2.24) is 0 Å². The molecule has 0 saturated heterocycles. The zero-order valence-corrected chi connectivity index (χ0v) is 38.9. The Labute approximate surface area is 365 Å². The maximum absolute atomic E-state index is 13.0. The maximum Gasteiger partial charge on any atom is 0.472 e. The minimum atomic E-state index is -5.36.